The molecule has 0 bridgehead atoms. The molecule has 1 atom stereocenters. The van der Waals surface area contributed by atoms with Gasteiger partial charge in [-0.25, -0.2) is 0 Å². The molecule has 0 spiro atoms. The van der Waals surface area contributed by atoms with Crippen LogP contribution in [-0.2, 0) is 14.3 Å². The minimum absolute atomic E-state index is 0.000421. The molecule has 0 aliphatic carbocycles. The monoisotopic (exact) mass is 333 g/mol. The Bertz CT molecular complexity index is 640. The van der Waals surface area contributed by atoms with Crippen molar-refractivity contribution in [3.05, 3.63) is 23.8 Å². The number of Topliss-reactive ketones (excluding diaryl/α,β-unsaturated/α-hetero) is 1. The Morgan fingerprint density at radius 3 is 2.75 bits per heavy atom. The van der Waals surface area contributed by atoms with Crippen molar-refractivity contribution in [1.82, 2.24) is 0 Å². The van der Waals surface area contributed by atoms with Crippen LogP contribution in [0.1, 0.15) is 50.4 Å². The van der Waals surface area contributed by atoms with Crippen molar-refractivity contribution in [2.45, 2.75) is 46.1 Å². The number of rotatable bonds is 7. The molecule has 6 nitrogen and oxygen atoms in total. The van der Waals surface area contributed by atoms with Crippen molar-refractivity contribution in [1.29, 1.82) is 0 Å². The van der Waals surface area contributed by atoms with Crippen molar-refractivity contribution in [3.8, 4) is 5.75 Å². The van der Waals surface area contributed by atoms with E-state index in [1.165, 1.54) is 4.90 Å². The van der Waals surface area contributed by atoms with Crippen LogP contribution in [-0.4, -0.2) is 36.9 Å². The van der Waals surface area contributed by atoms with E-state index in [9.17, 15) is 14.4 Å². The third-order valence-electron chi connectivity index (χ3n) is 3.90. The summed E-state index contributed by atoms with van der Waals surface area (Å²) in [4.78, 5) is 37.6. The van der Waals surface area contributed by atoms with Gasteiger partial charge in [0, 0.05) is 12.0 Å². The van der Waals surface area contributed by atoms with Gasteiger partial charge in [0.05, 0.1) is 11.8 Å². The maximum Gasteiger partial charge on any atom is 0.326 e. The van der Waals surface area contributed by atoms with E-state index in [-0.39, 0.29) is 30.9 Å². The minimum atomic E-state index is -0.476. The van der Waals surface area contributed by atoms with E-state index >= 15 is 0 Å². The Balaban J connectivity index is 2.24. The molecule has 1 aliphatic heterocycles. The lowest BCUT2D eigenvalue weighted by Crippen LogP contribution is -2.43. The summed E-state index contributed by atoms with van der Waals surface area (Å²) in [6.07, 6.45) is 1.68. The summed E-state index contributed by atoms with van der Waals surface area (Å²) in [7, 11) is 0. The van der Waals surface area contributed by atoms with Crippen LogP contribution in [0, 0.1) is 0 Å². The molecule has 6 heteroatoms. The lowest BCUT2D eigenvalue weighted by Gasteiger charge is -2.29. The molecule has 0 saturated heterocycles. The molecule has 1 aromatic rings. The Kier molecular flexibility index (Phi) is 5.95. The SMILES string of the molecule is CCCC(=O)c1ccc2c(c1)N(CC(=O)OC(C)CC)C(=O)CO2. The Labute approximate surface area is 141 Å². The highest BCUT2D eigenvalue weighted by atomic mass is 16.5. The van der Waals surface area contributed by atoms with Crippen LogP contribution in [0.25, 0.3) is 0 Å². The predicted octanol–water partition coefficient (Wildman–Crippen LogP) is 2.74. The molecule has 1 aliphatic rings. The molecule has 0 radical (unpaired) electrons. The Morgan fingerprint density at radius 2 is 2.08 bits per heavy atom. The van der Waals surface area contributed by atoms with E-state index in [1.54, 1.807) is 25.1 Å². The van der Waals surface area contributed by atoms with E-state index in [0.29, 0.717) is 29.8 Å². The number of anilines is 1. The molecule has 1 amide bonds. The number of ketones is 1. The zero-order valence-corrected chi connectivity index (χ0v) is 14.3. The highest BCUT2D eigenvalue weighted by molar-refractivity contribution is 6.04. The second-order valence-corrected chi connectivity index (χ2v) is 5.83. The van der Waals surface area contributed by atoms with Crippen LogP contribution >= 0.6 is 0 Å². The number of benzene rings is 1. The number of carbonyl (C=O) groups is 3. The first kappa shape index (κ1) is 18.0. The molecule has 1 heterocycles. The van der Waals surface area contributed by atoms with Crippen LogP contribution in [0.15, 0.2) is 18.2 Å². The summed E-state index contributed by atoms with van der Waals surface area (Å²) >= 11 is 0. The molecule has 0 N–H and O–H groups in total. The number of hydrogen-bond donors (Lipinski definition) is 0. The van der Waals surface area contributed by atoms with Gasteiger partial charge in [-0.1, -0.05) is 13.8 Å². The van der Waals surface area contributed by atoms with Gasteiger partial charge in [0.15, 0.2) is 12.4 Å². The zero-order valence-electron chi connectivity index (χ0n) is 14.3. The maximum absolute atomic E-state index is 12.2. The summed E-state index contributed by atoms with van der Waals surface area (Å²) in [6, 6.07) is 4.96. The normalized spacial score (nSPS) is 14.6. The number of hydrogen-bond acceptors (Lipinski definition) is 5. The fourth-order valence-corrected chi connectivity index (χ4v) is 2.39. The highest BCUT2D eigenvalue weighted by Gasteiger charge is 2.29. The van der Waals surface area contributed by atoms with Gasteiger partial charge in [-0.2, -0.15) is 0 Å². The molecule has 0 aromatic heterocycles. The summed E-state index contributed by atoms with van der Waals surface area (Å²) in [6.45, 7) is 5.32. The molecule has 1 unspecified atom stereocenters. The minimum Gasteiger partial charge on any atom is -0.482 e. The largest absolute Gasteiger partial charge is 0.482 e. The van der Waals surface area contributed by atoms with Gasteiger partial charge in [-0.15, -0.1) is 0 Å². The molecule has 130 valence electrons. The van der Waals surface area contributed by atoms with Crippen molar-refractivity contribution in [3.63, 3.8) is 0 Å². The van der Waals surface area contributed by atoms with Gasteiger partial charge < -0.3 is 9.47 Å². The van der Waals surface area contributed by atoms with Crippen molar-refractivity contribution in [2.24, 2.45) is 0 Å². The third kappa shape index (κ3) is 4.13. The maximum atomic E-state index is 12.2. The van der Waals surface area contributed by atoms with Crippen LogP contribution in [0.3, 0.4) is 0 Å². The van der Waals surface area contributed by atoms with Gasteiger partial charge in [-0.3, -0.25) is 19.3 Å². The summed E-state index contributed by atoms with van der Waals surface area (Å²) in [5.41, 5.74) is 0.948. The third-order valence-corrected chi connectivity index (χ3v) is 3.90. The molecule has 0 fully saturated rings. The second kappa shape index (κ2) is 7.95. The molecular formula is C18H23NO5. The zero-order chi connectivity index (χ0) is 17.7. The van der Waals surface area contributed by atoms with E-state index in [0.717, 1.165) is 6.42 Å². The number of nitrogens with zero attached hydrogens (tertiary/aromatic N) is 1. The number of ether oxygens (including phenoxy) is 2. The number of carbonyl (C=O) groups excluding carboxylic acids is 3. The predicted molar refractivity (Wildman–Crippen MR) is 89.4 cm³/mol. The van der Waals surface area contributed by atoms with Gasteiger partial charge >= 0.3 is 5.97 Å². The van der Waals surface area contributed by atoms with Crippen molar-refractivity contribution < 1.29 is 23.9 Å². The molecule has 24 heavy (non-hydrogen) atoms. The number of fused-ring (bicyclic) bond motifs is 1. The Morgan fingerprint density at radius 1 is 1.33 bits per heavy atom. The lowest BCUT2D eigenvalue weighted by molar-refractivity contribution is -0.147. The smallest absolute Gasteiger partial charge is 0.326 e. The Hall–Kier alpha value is -2.37. The first-order chi connectivity index (χ1) is 11.5. The van der Waals surface area contributed by atoms with E-state index in [1.807, 2.05) is 13.8 Å². The van der Waals surface area contributed by atoms with Crippen LogP contribution < -0.4 is 9.64 Å². The van der Waals surface area contributed by atoms with Gasteiger partial charge in [-0.05, 0) is 38.0 Å². The number of amides is 1. The average Bonchev–Trinajstić information content (AvgIpc) is 2.57. The highest BCUT2D eigenvalue weighted by Crippen LogP contribution is 2.33. The standard InChI is InChI=1S/C18H23NO5/c1-4-6-15(20)13-7-8-16-14(9-13)19(17(21)11-23-16)10-18(22)24-12(3)5-2/h7-9,12H,4-6,10-11H2,1-3H3. The lowest BCUT2D eigenvalue weighted by atomic mass is 10.0. The van der Waals surface area contributed by atoms with Gasteiger partial charge in [0.25, 0.3) is 5.91 Å². The fourth-order valence-electron chi connectivity index (χ4n) is 2.39. The van der Waals surface area contributed by atoms with Gasteiger partial charge in [0.1, 0.15) is 12.3 Å². The molecule has 0 saturated carbocycles. The van der Waals surface area contributed by atoms with Gasteiger partial charge in [0.2, 0.25) is 0 Å². The summed E-state index contributed by atoms with van der Waals surface area (Å²) in [5.74, 6) is -0.320. The first-order valence-electron chi connectivity index (χ1n) is 8.26. The van der Waals surface area contributed by atoms with Crippen LogP contribution in [0.4, 0.5) is 5.69 Å². The molecule has 2 rings (SSSR count). The number of esters is 1. The fraction of sp³-hybridized carbons (Fsp3) is 0.500. The van der Waals surface area contributed by atoms with E-state index < -0.39 is 5.97 Å². The first-order valence-corrected chi connectivity index (χ1v) is 8.26. The molecular weight excluding hydrogens is 310 g/mol. The quantitative estimate of drug-likeness (QED) is 0.567. The van der Waals surface area contributed by atoms with Crippen molar-refractivity contribution in [2.75, 3.05) is 18.1 Å². The summed E-state index contributed by atoms with van der Waals surface area (Å²) in [5, 5.41) is 0. The van der Waals surface area contributed by atoms with E-state index in [4.69, 9.17) is 9.47 Å². The second-order valence-electron chi connectivity index (χ2n) is 5.83. The van der Waals surface area contributed by atoms with Crippen LogP contribution in [0.2, 0.25) is 0 Å². The van der Waals surface area contributed by atoms with Crippen molar-refractivity contribution >= 4 is 23.3 Å². The topological polar surface area (TPSA) is 72.9 Å². The van der Waals surface area contributed by atoms with Crippen LogP contribution in [0.5, 0.6) is 5.75 Å². The average molecular weight is 333 g/mol. The van der Waals surface area contributed by atoms with E-state index in [2.05, 4.69) is 0 Å². The molecule has 1 aromatic carbocycles. The summed E-state index contributed by atoms with van der Waals surface area (Å²) < 4.78 is 10.6.